The molecule has 0 unspecified atom stereocenters. The molecule has 1 aromatic carbocycles. The van der Waals surface area contributed by atoms with Gasteiger partial charge in [-0.05, 0) is 24.3 Å². The first-order valence-corrected chi connectivity index (χ1v) is 6.47. The Morgan fingerprint density at radius 2 is 1.88 bits per heavy atom. The van der Waals surface area contributed by atoms with Gasteiger partial charge < -0.3 is 5.73 Å². The van der Waals surface area contributed by atoms with E-state index in [1.165, 1.54) is 24.1 Å². The van der Waals surface area contributed by atoms with Gasteiger partial charge in [0.05, 0.1) is 5.69 Å². The maximum atomic E-state index is 5.65. The van der Waals surface area contributed by atoms with E-state index in [-0.39, 0.29) is 0 Å². The summed E-state index contributed by atoms with van der Waals surface area (Å²) in [5.74, 6) is 1.34. The first-order valence-electron chi connectivity index (χ1n) is 5.59. The number of nitrogens with zero attached hydrogens (tertiary/aromatic N) is 1. The van der Waals surface area contributed by atoms with Gasteiger partial charge >= 0.3 is 0 Å². The molecule has 0 bridgehead atoms. The smallest absolute Gasteiger partial charge is 0.180 e. The van der Waals surface area contributed by atoms with Crippen LogP contribution in [0.1, 0.15) is 35.9 Å². The molecule has 0 spiro atoms. The van der Waals surface area contributed by atoms with E-state index < -0.39 is 0 Å². The van der Waals surface area contributed by atoms with Gasteiger partial charge in [0.15, 0.2) is 5.13 Å². The summed E-state index contributed by atoms with van der Waals surface area (Å²) in [5, 5.41) is 2.79. The lowest BCUT2D eigenvalue weighted by Crippen LogP contribution is -2.20. The fraction of sp³-hybridized carbons (Fsp3) is 0.308. The van der Waals surface area contributed by atoms with Gasteiger partial charge in [-0.1, -0.05) is 30.3 Å². The van der Waals surface area contributed by atoms with Gasteiger partial charge in [0.2, 0.25) is 0 Å². The van der Waals surface area contributed by atoms with Crippen LogP contribution in [0.5, 0.6) is 0 Å². The number of thiazole rings is 1. The lowest BCUT2D eigenvalue weighted by atomic mass is 9.70. The molecule has 2 nitrogen and oxygen atoms in total. The molecule has 1 aliphatic carbocycles. The molecule has 0 amide bonds. The first-order chi connectivity index (χ1) is 7.83. The van der Waals surface area contributed by atoms with E-state index in [4.69, 9.17) is 5.73 Å². The molecule has 1 fully saturated rings. The third-order valence-corrected chi connectivity index (χ3v) is 4.06. The summed E-state index contributed by atoms with van der Waals surface area (Å²) in [6, 6.07) is 10.7. The third-order valence-electron chi connectivity index (χ3n) is 3.37. The molecule has 0 aliphatic heterocycles. The van der Waals surface area contributed by atoms with Crippen LogP contribution in [0.15, 0.2) is 35.7 Å². The lowest BCUT2D eigenvalue weighted by Gasteiger charge is -2.34. The Balaban J connectivity index is 1.67. The second-order valence-electron chi connectivity index (χ2n) is 4.39. The fourth-order valence-electron chi connectivity index (χ4n) is 2.34. The number of nitrogens with two attached hydrogens (primary N) is 1. The Morgan fingerprint density at radius 1 is 1.12 bits per heavy atom. The van der Waals surface area contributed by atoms with Crippen LogP contribution in [0.2, 0.25) is 0 Å². The molecule has 1 heterocycles. The quantitative estimate of drug-likeness (QED) is 0.859. The molecule has 0 atom stereocenters. The minimum atomic E-state index is 0.624. The topological polar surface area (TPSA) is 38.9 Å². The SMILES string of the molecule is Nc1nc(C2CC(c3ccccc3)C2)cs1. The molecule has 0 radical (unpaired) electrons. The summed E-state index contributed by atoms with van der Waals surface area (Å²) < 4.78 is 0. The monoisotopic (exact) mass is 230 g/mol. The van der Waals surface area contributed by atoms with Gasteiger partial charge in [0.25, 0.3) is 0 Å². The standard InChI is InChI=1S/C13H14N2S/c14-13-15-12(8-16-13)11-6-10(7-11)9-4-2-1-3-5-9/h1-5,8,10-11H,6-7H2,(H2,14,15). The molecule has 3 heteroatoms. The van der Waals surface area contributed by atoms with Gasteiger partial charge in [0, 0.05) is 11.3 Å². The van der Waals surface area contributed by atoms with Crippen LogP contribution in [0.25, 0.3) is 0 Å². The van der Waals surface area contributed by atoms with Crippen molar-refractivity contribution < 1.29 is 0 Å². The molecular formula is C13H14N2S. The van der Waals surface area contributed by atoms with Crippen LogP contribution in [0, 0.1) is 0 Å². The van der Waals surface area contributed by atoms with Gasteiger partial charge in [-0.25, -0.2) is 4.98 Å². The Hall–Kier alpha value is -1.35. The summed E-state index contributed by atoms with van der Waals surface area (Å²) in [5.41, 5.74) is 8.30. The van der Waals surface area contributed by atoms with Crippen molar-refractivity contribution in [1.82, 2.24) is 4.98 Å². The lowest BCUT2D eigenvalue weighted by molar-refractivity contribution is 0.346. The van der Waals surface area contributed by atoms with Crippen molar-refractivity contribution in [3.63, 3.8) is 0 Å². The number of anilines is 1. The Bertz CT molecular complexity index is 472. The average Bonchev–Trinajstić information content (AvgIpc) is 2.64. The highest BCUT2D eigenvalue weighted by Crippen LogP contribution is 2.47. The van der Waals surface area contributed by atoms with E-state index in [2.05, 4.69) is 40.7 Å². The van der Waals surface area contributed by atoms with Crippen molar-refractivity contribution in [2.75, 3.05) is 5.73 Å². The van der Waals surface area contributed by atoms with E-state index >= 15 is 0 Å². The molecule has 2 N–H and O–H groups in total. The predicted molar refractivity (Wildman–Crippen MR) is 67.7 cm³/mol. The van der Waals surface area contributed by atoms with Crippen molar-refractivity contribution >= 4 is 16.5 Å². The van der Waals surface area contributed by atoms with Gasteiger partial charge in [-0.2, -0.15) is 0 Å². The Morgan fingerprint density at radius 3 is 2.50 bits per heavy atom. The summed E-state index contributed by atoms with van der Waals surface area (Å²) in [4.78, 5) is 4.36. The fourth-order valence-corrected chi connectivity index (χ4v) is 2.99. The molecule has 3 rings (SSSR count). The zero-order valence-electron chi connectivity index (χ0n) is 8.97. The minimum absolute atomic E-state index is 0.624. The van der Waals surface area contributed by atoms with Crippen LogP contribution in [0.3, 0.4) is 0 Å². The summed E-state index contributed by atoms with van der Waals surface area (Å²) in [7, 11) is 0. The van der Waals surface area contributed by atoms with Gasteiger partial charge in [-0.3, -0.25) is 0 Å². The zero-order chi connectivity index (χ0) is 11.0. The number of aromatic nitrogens is 1. The largest absolute Gasteiger partial charge is 0.375 e. The van der Waals surface area contributed by atoms with E-state index in [1.807, 2.05) is 0 Å². The van der Waals surface area contributed by atoms with E-state index in [1.54, 1.807) is 11.3 Å². The number of rotatable bonds is 2. The van der Waals surface area contributed by atoms with Crippen LogP contribution in [-0.2, 0) is 0 Å². The maximum absolute atomic E-state index is 5.65. The number of benzene rings is 1. The highest BCUT2D eigenvalue weighted by molar-refractivity contribution is 7.13. The van der Waals surface area contributed by atoms with Crippen LogP contribution in [-0.4, -0.2) is 4.98 Å². The predicted octanol–water partition coefficient (Wildman–Crippen LogP) is 3.39. The van der Waals surface area contributed by atoms with Crippen molar-refractivity contribution in [1.29, 1.82) is 0 Å². The van der Waals surface area contributed by atoms with Crippen LogP contribution in [0.4, 0.5) is 5.13 Å². The Kier molecular flexibility index (Phi) is 2.40. The zero-order valence-corrected chi connectivity index (χ0v) is 9.78. The summed E-state index contributed by atoms with van der Waals surface area (Å²) >= 11 is 1.55. The van der Waals surface area contributed by atoms with E-state index in [9.17, 15) is 0 Å². The average molecular weight is 230 g/mol. The van der Waals surface area contributed by atoms with Crippen LogP contribution < -0.4 is 5.73 Å². The second-order valence-corrected chi connectivity index (χ2v) is 5.28. The third kappa shape index (κ3) is 1.71. The number of nitrogen functional groups attached to an aromatic ring is 1. The second kappa shape index (κ2) is 3.91. The highest BCUT2D eigenvalue weighted by atomic mass is 32.1. The molecule has 1 aromatic heterocycles. The number of hydrogen-bond donors (Lipinski definition) is 1. The summed E-state index contributed by atoms with van der Waals surface area (Å²) in [6.45, 7) is 0. The number of hydrogen-bond acceptors (Lipinski definition) is 3. The van der Waals surface area contributed by atoms with Crippen molar-refractivity contribution in [2.24, 2.45) is 0 Å². The van der Waals surface area contributed by atoms with Crippen molar-refractivity contribution in [2.45, 2.75) is 24.7 Å². The molecule has 0 saturated heterocycles. The normalized spacial score (nSPS) is 24.0. The molecule has 82 valence electrons. The maximum Gasteiger partial charge on any atom is 0.180 e. The first kappa shape index (κ1) is 9.85. The molecule has 1 saturated carbocycles. The van der Waals surface area contributed by atoms with Crippen molar-refractivity contribution in [3.05, 3.63) is 47.0 Å². The van der Waals surface area contributed by atoms with Crippen LogP contribution >= 0.6 is 11.3 Å². The molecule has 1 aliphatic rings. The van der Waals surface area contributed by atoms with Gasteiger partial charge in [0.1, 0.15) is 0 Å². The van der Waals surface area contributed by atoms with E-state index in [0.717, 1.165) is 0 Å². The Labute approximate surface area is 99.1 Å². The summed E-state index contributed by atoms with van der Waals surface area (Å²) in [6.07, 6.45) is 2.43. The minimum Gasteiger partial charge on any atom is -0.375 e. The van der Waals surface area contributed by atoms with Crippen molar-refractivity contribution in [3.8, 4) is 0 Å². The van der Waals surface area contributed by atoms with Gasteiger partial charge in [-0.15, -0.1) is 11.3 Å². The highest BCUT2D eigenvalue weighted by Gasteiger charge is 2.32. The molecule has 16 heavy (non-hydrogen) atoms. The molecule has 2 aromatic rings. The molecular weight excluding hydrogens is 216 g/mol. The van der Waals surface area contributed by atoms with E-state index in [0.29, 0.717) is 17.0 Å².